The van der Waals surface area contributed by atoms with Gasteiger partial charge in [-0.15, -0.1) is 0 Å². The van der Waals surface area contributed by atoms with E-state index >= 15 is 0 Å². The van der Waals surface area contributed by atoms with Crippen molar-refractivity contribution in [3.05, 3.63) is 76.7 Å². The van der Waals surface area contributed by atoms with E-state index in [1.54, 1.807) is 30.3 Å². The highest BCUT2D eigenvalue weighted by Crippen LogP contribution is 2.23. The van der Waals surface area contributed by atoms with Crippen molar-refractivity contribution in [3.63, 3.8) is 0 Å². The quantitative estimate of drug-likeness (QED) is 0.597. The zero-order valence-corrected chi connectivity index (χ0v) is 14.2. The molecule has 1 heterocycles. The third kappa shape index (κ3) is 4.25. The van der Waals surface area contributed by atoms with Crippen LogP contribution in [-0.2, 0) is 6.54 Å². The minimum Gasteiger partial charge on any atom is -0.478 e. The van der Waals surface area contributed by atoms with Crippen molar-refractivity contribution in [1.82, 2.24) is 9.97 Å². The van der Waals surface area contributed by atoms with Gasteiger partial charge in [-0.25, -0.2) is 14.2 Å². The van der Waals surface area contributed by atoms with Gasteiger partial charge in [0.2, 0.25) is 5.95 Å². The second kappa shape index (κ2) is 7.79. The van der Waals surface area contributed by atoms with E-state index in [1.807, 2.05) is 0 Å². The van der Waals surface area contributed by atoms with Crippen LogP contribution < -0.4 is 10.6 Å². The average Bonchev–Trinajstić information content (AvgIpc) is 2.62. The van der Waals surface area contributed by atoms with Crippen LogP contribution in [0.2, 0.25) is 5.02 Å². The summed E-state index contributed by atoms with van der Waals surface area (Å²) in [7, 11) is 0. The van der Waals surface area contributed by atoms with Crippen LogP contribution in [0.5, 0.6) is 0 Å². The van der Waals surface area contributed by atoms with Crippen LogP contribution in [0.1, 0.15) is 15.9 Å². The number of aromatic nitrogens is 2. The van der Waals surface area contributed by atoms with Crippen LogP contribution >= 0.6 is 11.6 Å². The Hall–Kier alpha value is -3.19. The third-order valence-electron chi connectivity index (χ3n) is 3.50. The van der Waals surface area contributed by atoms with Crippen molar-refractivity contribution in [2.24, 2.45) is 0 Å². The lowest BCUT2D eigenvalue weighted by Crippen LogP contribution is -2.07. The summed E-state index contributed by atoms with van der Waals surface area (Å²) in [5.74, 6) is -0.858. The second-order valence-corrected chi connectivity index (χ2v) is 5.76. The van der Waals surface area contributed by atoms with E-state index in [9.17, 15) is 14.3 Å². The van der Waals surface area contributed by atoms with Crippen molar-refractivity contribution in [2.45, 2.75) is 6.54 Å². The molecule has 132 valence electrons. The molecule has 0 aliphatic rings. The molecule has 8 heteroatoms. The van der Waals surface area contributed by atoms with Gasteiger partial charge in [-0.2, -0.15) is 4.98 Å². The Balaban J connectivity index is 1.79. The molecule has 0 fully saturated rings. The minimum atomic E-state index is -1.06. The number of hydrogen-bond acceptors (Lipinski definition) is 5. The molecule has 0 saturated heterocycles. The van der Waals surface area contributed by atoms with Gasteiger partial charge in [0.05, 0.1) is 17.4 Å². The standard InChI is InChI=1S/C18H14ClFN4O2/c19-14-10-22-18(23-15-7-2-1-6-13(15)17(25)26)24-16(14)21-9-11-4-3-5-12(20)8-11/h1-8,10H,9H2,(H,25,26)(H2,21,22,23,24). The van der Waals surface area contributed by atoms with Gasteiger partial charge in [-0.3, -0.25) is 0 Å². The molecule has 1 aromatic heterocycles. The molecule has 2 aromatic carbocycles. The Kier molecular flexibility index (Phi) is 5.28. The Bertz CT molecular complexity index is 952. The molecule has 0 aliphatic heterocycles. The van der Waals surface area contributed by atoms with E-state index in [1.165, 1.54) is 24.4 Å². The first-order chi connectivity index (χ1) is 12.5. The maximum absolute atomic E-state index is 13.2. The summed E-state index contributed by atoms with van der Waals surface area (Å²) in [5, 5.41) is 15.4. The van der Waals surface area contributed by atoms with Gasteiger partial charge >= 0.3 is 5.97 Å². The predicted molar refractivity (Wildman–Crippen MR) is 97.5 cm³/mol. The zero-order chi connectivity index (χ0) is 18.5. The summed E-state index contributed by atoms with van der Waals surface area (Å²) < 4.78 is 13.2. The number of anilines is 3. The highest BCUT2D eigenvalue weighted by atomic mass is 35.5. The number of rotatable bonds is 6. The summed E-state index contributed by atoms with van der Waals surface area (Å²) in [6.45, 7) is 0.319. The van der Waals surface area contributed by atoms with Crippen LogP contribution in [0.3, 0.4) is 0 Å². The number of hydrogen-bond donors (Lipinski definition) is 3. The van der Waals surface area contributed by atoms with Gasteiger partial charge < -0.3 is 15.7 Å². The lowest BCUT2D eigenvalue weighted by atomic mass is 10.2. The van der Waals surface area contributed by atoms with E-state index < -0.39 is 5.97 Å². The summed E-state index contributed by atoms with van der Waals surface area (Å²) in [4.78, 5) is 19.6. The normalized spacial score (nSPS) is 10.4. The fraction of sp³-hybridized carbons (Fsp3) is 0.0556. The molecule has 0 spiro atoms. The van der Waals surface area contributed by atoms with Crippen LogP contribution in [0.25, 0.3) is 0 Å². The molecule has 3 aromatic rings. The van der Waals surface area contributed by atoms with Crippen LogP contribution in [0, 0.1) is 5.82 Å². The van der Waals surface area contributed by atoms with Gasteiger partial charge in [-0.1, -0.05) is 35.9 Å². The fourth-order valence-electron chi connectivity index (χ4n) is 2.28. The molecule has 0 aliphatic carbocycles. The number of benzene rings is 2. The van der Waals surface area contributed by atoms with Crippen LogP contribution in [0.15, 0.2) is 54.7 Å². The largest absolute Gasteiger partial charge is 0.478 e. The number of halogens is 2. The Morgan fingerprint density at radius 1 is 1.19 bits per heavy atom. The lowest BCUT2D eigenvalue weighted by Gasteiger charge is -2.11. The number of nitrogens with one attached hydrogen (secondary N) is 2. The maximum Gasteiger partial charge on any atom is 0.337 e. The molecule has 0 unspecified atom stereocenters. The SMILES string of the molecule is O=C(O)c1ccccc1Nc1ncc(Cl)c(NCc2cccc(F)c2)n1. The molecule has 3 rings (SSSR count). The number of nitrogens with zero attached hydrogens (tertiary/aromatic N) is 2. The summed E-state index contributed by atoms with van der Waals surface area (Å²) in [6.07, 6.45) is 1.40. The van der Waals surface area contributed by atoms with E-state index in [4.69, 9.17) is 11.6 Å². The molecule has 3 N–H and O–H groups in total. The Morgan fingerprint density at radius 2 is 2.00 bits per heavy atom. The van der Waals surface area contributed by atoms with Crippen molar-refractivity contribution < 1.29 is 14.3 Å². The minimum absolute atomic E-state index is 0.0975. The highest BCUT2D eigenvalue weighted by molar-refractivity contribution is 6.32. The van der Waals surface area contributed by atoms with Crippen molar-refractivity contribution in [2.75, 3.05) is 10.6 Å². The smallest absolute Gasteiger partial charge is 0.337 e. The first-order valence-electron chi connectivity index (χ1n) is 7.63. The molecular weight excluding hydrogens is 359 g/mol. The number of para-hydroxylation sites is 1. The number of carboxylic acids is 1. The summed E-state index contributed by atoms with van der Waals surface area (Å²) in [6, 6.07) is 12.6. The zero-order valence-electron chi connectivity index (χ0n) is 13.4. The van der Waals surface area contributed by atoms with E-state index in [-0.39, 0.29) is 17.3 Å². The molecule has 0 atom stereocenters. The van der Waals surface area contributed by atoms with Gasteiger partial charge in [-0.05, 0) is 29.8 Å². The average molecular weight is 373 g/mol. The van der Waals surface area contributed by atoms with Crippen LogP contribution in [-0.4, -0.2) is 21.0 Å². The lowest BCUT2D eigenvalue weighted by molar-refractivity contribution is 0.0698. The van der Waals surface area contributed by atoms with Gasteiger partial charge in [0.15, 0.2) is 5.82 Å². The van der Waals surface area contributed by atoms with E-state index in [2.05, 4.69) is 20.6 Å². The third-order valence-corrected chi connectivity index (χ3v) is 3.77. The highest BCUT2D eigenvalue weighted by Gasteiger charge is 2.11. The fourth-order valence-corrected chi connectivity index (χ4v) is 2.44. The second-order valence-electron chi connectivity index (χ2n) is 5.35. The molecule has 6 nitrogen and oxygen atoms in total. The van der Waals surface area contributed by atoms with Gasteiger partial charge in [0.1, 0.15) is 10.8 Å². The number of carboxylic acid groups (broad SMARTS) is 1. The number of aromatic carboxylic acids is 1. The first kappa shape index (κ1) is 17.6. The molecule has 0 radical (unpaired) electrons. The molecule has 0 bridgehead atoms. The summed E-state index contributed by atoms with van der Waals surface area (Å²) in [5.41, 5.74) is 1.18. The van der Waals surface area contributed by atoms with Crippen molar-refractivity contribution >= 4 is 35.0 Å². The van der Waals surface area contributed by atoms with E-state index in [0.717, 1.165) is 5.56 Å². The van der Waals surface area contributed by atoms with Crippen molar-refractivity contribution in [1.29, 1.82) is 0 Å². The van der Waals surface area contributed by atoms with Gasteiger partial charge in [0.25, 0.3) is 0 Å². The molecule has 26 heavy (non-hydrogen) atoms. The molecule has 0 saturated carbocycles. The molecular formula is C18H14ClFN4O2. The topological polar surface area (TPSA) is 87.1 Å². The monoisotopic (exact) mass is 372 g/mol. The first-order valence-corrected chi connectivity index (χ1v) is 8.01. The van der Waals surface area contributed by atoms with Gasteiger partial charge in [0, 0.05) is 6.54 Å². The Labute approximate surface area is 153 Å². The Morgan fingerprint density at radius 3 is 2.77 bits per heavy atom. The number of carbonyl (C=O) groups is 1. The summed E-state index contributed by atoms with van der Waals surface area (Å²) >= 11 is 6.09. The molecule has 0 amide bonds. The van der Waals surface area contributed by atoms with E-state index in [0.29, 0.717) is 23.1 Å². The maximum atomic E-state index is 13.2. The predicted octanol–water partition coefficient (Wildman–Crippen LogP) is 4.32. The van der Waals surface area contributed by atoms with Crippen molar-refractivity contribution in [3.8, 4) is 0 Å². The van der Waals surface area contributed by atoms with Crippen LogP contribution in [0.4, 0.5) is 21.8 Å².